The van der Waals surface area contributed by atoms with Crippen molar-refractivity contribution in [3.05, 3.63) is 46.6 Å². The highest BCUT2D eigenvalue weighted by atomic mass is 16.5. The lowest BCUT2D eigenvalue weighted by molar-refractivity contribution is -0.138. The number of aromatic nitrogens is 4. The number of nitrogens with zero attached hydrogens (tertiary/aromatic N) is 5. The van der Waals surface area contributed by atoms with Crippen molar-refractivity contribution in [2.45, 2.75) is 31.7 Å². The van der Waals surface area contributed by atoms with Crippen molar-refractivity contribution in [2.75, 3.05) is 13.1 Å². The molecular weight excluding hydrogens is 298 g/mol. The molecule has 2 aromatic rings. The fourth-order valence-electron chi connectivity index (χ4n) is 3.21. The zero-order valence-electron chi connectivity index (χ0n) is 12.5. The van der Waals surface area contributed by atoms with E-state index in [-0.39, 0.29) is 30.0 Å². The van der Waals surface area contributed by atoms with Crippen LogP contribution in [0.4, 0.5) is 0 Å². The quantitative estimate of drug-likeness (QED) is 0.767. The zero-order valence-corrected chi connectivity index (χ0v) is 12.5. The summed E-state index contributed by atoms with van der Waals surface area (Å²) >= 11 is 0. The van der Waals surface area contributed by atoms with Gasteiger partial charge in [0, 0.05) is 37.6 Å². The van der Waals surface area contributed by atoms with Gasteiger partial charge in [-0.05, 0) is 6.42 Å². The van der Waals surface area contributed by atoms with E-state index < -0.39 is 0 Å². The highest BCUT2D eigenvalue weighted by molar-refractivity contribution is 5.76. The van der Waals surface area contributed by atoms with E-state index in [1.165, 1.54) is 12.1 Å². The fourth-order valence-corrected chi connectivity index (χ4v) is 3.21. The molecule has 1 amide bonds. The molecule has 4 rings (SSSR count). The number of rotatable bonds is 2. The van der Waals surface area contributed by atoms with Gasteiger partial charge in [0.2, 0.25) is 5.91 Å². The van der Waals surface area contributed by atoms with E-state index in [2.05, 4.69) is 10.3 Å². The van der Waals surface area contributed by atoms with Crippen LogP contribution in [0.15, 0.2) is 35.5 Å². The third-order valence-electron chi connectivity index (χ3n) is 4.46. The largest absolute Gasteiger partial charge is 0.370 e. The van der Waals surface area contributed by atoms with Crippen molar-refractivity contribution in [3.63, 3.8) is 0 Å². The predicted molar refractivity (Wildman–Crippen MR) is 79.5 cm³/mol. The topological polar surface area (TPSA) is 82.2 Å². The summed E-state index contributed by atoms with van der Waals surface area (Å²) in [5, 5.41) is 8.07. The Kier molecular flexibility index (Phi) is 3.45. The van der Waals surface area contributed by atoms with Crippen molar-refractivity contribution in [2.24, 2.45) is 0 Å². The fraction of sp³-hybridized carbons (Fsp3) is 0.467. The van der Waals surface area contributed by atoms with Gasteiger partial charge in [-0.15, -0.1) is 5.10 Å². The molecule has 0 aliphatic carbocycles. The first-order valence-corrected chi connectivity index (χ1v) is 7.65. The van der Waals surface area contributed by atoms with Crippen LogP contribution in [0.5, 0.6) is 0 Å². The second-order valence-electron chi connectivity index (χ2n) is 5.92. The number of carbonyl (C=O) groups is 1. The number of amides is 1. The van der Waals surface area contributed by atoms with E-state index in [1.807, 2.05) is 9.58 Å². The number of fused-ring (bicyclic) bond motifs is 3. The highest BCUT2D eigenvalue weighted by Crippen LogP contribution is 2.30. The van der Waals surface area contributed by atoms with Gasteiger partial charge in [-0.2, -0.15) is 0 Å². The molecule has 0 radical (unpaired) electrons. The SMILES string of the molecule is O=C(Cn1ccc(=O)cc1)N1CC[C@@H]2OCc3cnnn3[C@@H]2C1. The summed E-state index contributed by atoms with van der Waals surface area (Å²) in [5.41, 5.74) is 0.883. The number of carbonyl (C=O) groups excluding carboxylic acids is 1. The molecule has 0 N–H and O–H groups in total. The lowest BCUT2D eigenvalue weighted by Crippen LogP contribution is -2.50. The van der Waals surface area contributed by atoms with Gasteiger partial charge < -0.3 is 14.2 Å². The number of ether oxygens (including phenoxy) is 1. The summed E-state index contributed by atoms with van der Waals surface area (Å²) in [4.78, 5) is 25.5. The number of likely N-dealkylation sites (tertiary alicyclic amines) is 1. The molecule has 120 valence electrons. The molecule has 0 bridgehead atoms. The van der Waals surface area contributed by atoms with E-state index in [9.17, 15) is 9.59 Å². The van der Waals surface area contributed by atoms with Gasteiger partial charge in [0.25, 0.3) is 0 Å². The van der Waals surface area contributed by atoms with Crippen LogP contribution >= 0.6 is 0 Å². The molecule has 4 heterocycles. The minimum atomic E-state index is -0.0624. The molecule has 1 fully saturated rings. The molecule has 23 heavy (non-hydrogen) atoms. The second kappa shape index (κ2) is 5.62. The summed E-state index contributed by atoms with van der Waals surface area (Å²) in [7, 11) is 0. The van der Waals surface area contributed by atoms with Crippen LogP contribution in [-0.2, 0) is 22.7 Å². The molecule has 0 saturated carbocycles. The van der Waals surface area contributed by atoms with Crippen molar-refractivity contribution < 1.29 is 9.53 Å². The van der Waals surface area contributed by atoms with Crippen molar-refractivity contribution >= 4 is 5.91 Å². The van der Waals surface area contributed by atoms with Crippen molar-refractivity contribution in [1.82, 2.24) is 24.5 Å². The lowest BCUT2D eigenvalue weighted by atomic mass is 10.0. The Bertz CT molecular complexity index is 763. The third-order valence-corrected chi connectivity index (χ3v) is 4.46. The normalized spacial score (nSPS) is 23.2. The Morgan fingerprint density at radius 2 is 2.17 bits per heavy atom. The molecule has 1 saturated heterocycles. The van der Waals surface area contributed by atoms with Gasteiger partial charge in [-0.1, -0.05) is 5.21 Å². The molecule has 0 aromatic carbocycles. The van der Waals surface area contributed by atoms with E-state index in [1.54, 1.807) is 23.2 Å². The first kappa shape index (κ1) is 14.1. The zero-order chi connectivity index (χ0) is 15.8. The molecule has 2 atom stereocenters. The number of piperidine rings is 1. The smallest absolute Gasteiger partial charge is 0.242 e. The number of hydrogen-bond acceptors (Lipinski definition) is 5. The minimum Gasteiger partial charge on any atom is -0.370 e. The maximum absolute atomic E-state index is 12.5. The third kappa shape index (κ3) is 2.65. The predicted octanol–water partition coefficient (Wildman–Crippen LogP) is -0.188. The molecule has 0 unspecified atom stereocenters. The van der Waals surface area contributed by atoms with Gasteiger partial charge in [0.1, 0.15) is 6.54 Å². The van der Waals surface area contributed by atoms with E-state index in [4.69, 9.17) is 4.74 Å². The lowest BCUT2D eigenvalue weighted by Gasteiger charge is -2.41. The molecule has 8 nitrogen and oxygen atoms in total. The number of hydrogen-bond donors (Lipinski definition) is 0. The summed E-state index contributed by atoms with van der Waals surface area (Å²) in [5.74, 6) is 0.0272. The van der Waals surface area contributed by atoms with Gasteiger partial charge >= 0.3 is 0 Å². The van der Waals surface area contributed by atoms with Crippen LogP contribution in [0.25, 0.3) is 0 Å². The van der Waals surface area contributed by atoms with Crippen LogP contribution in [0, 0.1) is 0 Å². The molecular formula is C15H17N5O3. The molecule has 0 spiro atoms. The van der Waals surface area contributed by atoms with Crippen LogP contribution in [0.1, 0.15) is 18.2 Å². The monoisotopic (exact) mass is 315 g/mol. The Balaban J connectivity index is 1.48. The van der Waals surface area contributed by atoms with E-state index in [0.29, 0.717) is 19.7 Å². The molecule has 2 aliphatic heterocycles. The summed E-state index contributed by atoms with van der Waals surface area (Å²) in [6.45, 7) is 1.99. The van der Waals surface area contributed by atoms with Crippen molar-refractivity contribution in [1.29, 1.82) is 0 Å². The summed E-state index contributed by atoms with van der Waals surface area (Å²) < 4.78 is 9.45. The van der Waals surface area contributed by atoms with Crippen LogP contribution in [0.3, 0.4) is 0 Å². The maximum atomic E-state index is 12.5. The number of pyridine rings is 1. The average molecular weight is 315 g/mol. The maximum Gasteiger partial charge on any atom is 0.242 e. The van der Waals surface area contributed by atoms with E-state index in [0.717, 1.165) is 12.1 Å². The molecule has 2 aromatic heterocycles. The standard InChI is InChI=1S/C15H17N5O3/c21-12-1-4-18(5-2-12)9-15(22)19-6-3-14-13(8-19)20-11(10-23-14)7-16-17-20/h1-2,4-5,7,13-14H,3,6,8-10H2/t13-,14+/m1/s1. The first-order chi connectivity index (χ1) is 11.2. The van der Waals surface area contributed by atoms with Gasteiger partial charge in [-0.25, -0.2) is 4.68 Å². The summed E-state index contributed by atoms with van der Waals surface area (Å²) in [6.07, 6.45) is 5.84. The molecule has 2 aliphatic rings. The summed E-state index contributed by atoms with van der Waals surface area (Å²) in [6, 6.07) is 2.93. The Morgan fingerprint density at radius 1 is 1.35 bits per heavy atom. The minimum absolute atomic E-state index is 0.0213. The van der Waals surface area contributed by atoms with Gasteiger partial charge in [-0.3, -0.25) is 9.59 Å². The second-order valence-corrected chi connectivity index (χ2v) is 5.92. The average Bonchev–Trinajstić information content (AvgIpc) is 3.05. The Morgan fingerprint density at radius 3 is 3.00 bits per heavy atom. The van der Waals surface area contributed by atoms with Crippen LogP contribution < -0.4 is 5.43 Å². The molecule has 8 heteroatoms. The van der Waals surface area contributed by atoms with Gasteiger partial charge in [0.15, 0.2) is 5.43 Å². The first-order valence-electron chi connectivity index (χ1n) is 7.65. The van der Waals surface area contributed by atoms with Gasteiger partial charge in [0.05, 0.1) is 30.6 Å². The highest BCUT2D eigenvalue weighted by Gasteiger charge is 2.37. The van der Waals surface area contributed by atoms with Crippen molar-refractivity contribution in [3.8, 4) is 0 Å². The van der Waals surface area contributed by atoms with Crippen LogP contribution in [0.2, 0.25) is 0 Å². The van der Waals surface area contributed by atoms with E-state index >= 15 is 0 Å². The Hall–Kier alpha value is -2.48. The Labute approximate surface area is 132 Å². The van der Waals surface area contributed by atoms with Crippen LogP contribution in [-0.4, -0.2) is 49.6 Å².